The molecule has 0 saturated heterocycles. The molecule has 0 amide bonds. The molecule has 0 aliphatic carbocycles. The fourth-order valence-corrected chi connectivity index (χ4v) is 0.204. The Kier molecular flexibility index (Phi) is 4.08. The van der Waals surface area contributed by atoms with Crippen molar-refractivity contribution in [3.05, 3.63) is 0 Å². The summed E-state index contributed by atoms with van der Waals surface area (Å²) >= 11 is 0. The normalized spacial score (nSPS) is 10.2. The second kappa shape index (κ2) is 4.47. The largest absolute Gasteiger partial charge is 0.324 e. The number of rotatable bonds is 2. The molecule has 0 fully saturated rings. The molecule has 0 aliphatic heterocycles. The Bertz CT molecular complexity index is 40.8. The van der Waals surface area contributed by atoms with Crippen LogP contribution in [0.15, 0.2) is 5.10 Å². The molecule has 2 N–H and O–H groups in total. The smallest absolute Gasteiger partial charge is 0.0240 e. The van der Waals surface area contributed by atoms with Crippen molar-refractivity contribution in [2.75, 3.05) is 0 Å². The molecule has 0 atom stereocenters. The Balaban J connectivity index is 2.66. The highest BCUT2D eigenvalue weighted by Gasteiger charge is 1.66. The molecule has 0 aromatic heterocycles. The third kappa shape index (κ3) is 3.47. The summed E-state index contributed by atoms with van der Waals surface area (Å²) in [6.45, 7) is 2.08. The number of unbranched alkanes of at least 4 members (excludes halogenated alkanes) is 1. The summed E-state index contributed by atoms with van der Waals surface area (Å²) < 4.78 is 0. The Labute approximate surface area is 38.0 Å². The van der Waals surface area contributed by atoms with Crippen molar-refractivity contribution in [1.29, 1.82) is 0 Å². The first-order valence-electron chi connectivity index (χ1n) is 2.13. The molecule has 2 heteroatoms. The lowest BCUT2D eigenvalue weighted by Crippen LogP contribution is -1.80. The van der Waals surface area contributed by atoms with Crippen molar-refractivity contribution in [3.63, 3.8) is 0 Å². The first-order chi connectivity index (χ1) is 2.91. The van der Waals surface area contributed by atoms with E-state index in [4.69, 9.17) is 5.84 Å². The zero-order valence-electron chi connectivity index (χ0n) is 4.02. The minimum atomic E-state index is 0.997. The van der Waals surface area contributed by atoms with Gasteiger partial charge in [-0.2, -0.15) is 5.10 Å². The zero-order valence-corrected chi connectivity index (χ0v) is 4.02. The van der Waals surface area contributed by atoms with E-state index in [1.165, 1.54) is 0 Å². The first-order valence-corrected chi connectivity index (χ1v) is 2.13. The topological polar surface area (TPSA) is 38.4 Å². The van der Waals surface area contributed by atoms with Gasteiger partial charge in [0.1, 0.15) is 0 Å². The SMILES string of the molecule is CCC/C=N/N. The predicted molar refractivity (Wildman–Crippen MR) is 27.6 cm³/mol. The fraction of sp³-hybridized carbons (Fsp3) is 0.750. The van der Waals surface area contributed by atoms with Crippen LogP contribution >= 0.6 is 0 Å². The van der Waals surface area contributed by atoms with Crippen molar-refractivity contribution < 1.29 is 0 Å². The van der Waals surface area contributed by atoms with E-state index in [1.54, 1.807) is 6.21 Å². The van der Waals surface area contributed by atoms with E-state index in [1.807, 2.05) is 0 Å². The van der Waals surface area contributed by atoms with E-state index in [9.17, 15) is 0 Å². The van der Waals surface area contributed by atoms with Gasteiger partial charge in [0, 0.05) is 6.21 Å². The molecule has 6 heavy (non-hydrogen) atoms. The molecule has 0 spiro atoms. The standard InChI is InChI=1S/C4H10N2/c1-2-3-4-6-5/h4H,2-3,5H2,1H3/b6-4+. The van der Waals surface area contributed by atoms with Gasteiger partial charge < -0.3 is 5.84 Å². The average Bonchev–Trinajstić information content (AvgIpc) is 1.61. The highest BCUT2D eigenvalue weighted by Crippen LogP contribution is 1.76. The third-order valence-electron chi connectivity index (χ3n) is 0.523. The highest BCUT2D eigenvalue weighted by molar-refractivity contribution is 5.56. The van der Waals surface area contributed by atoms with E-state index in [2.05, 4.69) is 12.0 Å². The molecular formula is C4H10N2. The predicted octanol–water partition coefficient (Wildman–Crippen LogP) is 0.731. The Morgan fingerprint density at radius 2 is 2.50 bits per heavy atom. The summed E-state index contributed by atoms with van der Waals surface area (Å²) in [4.78, 5) is 0. The van der Waals surface area contributed by atoms with Gasteiger partial charge in [-0.1, -0.05) is 13.3 Å². The molecular weight excluding hydrogens is 76.1 g/mol. The van der Waals surface area contributed by atoms with Gasteiger partial charge in [-0.05, 0) is 6.42 Å². The van der Waals surface area contributed by atoms with Gasteiger partial charge in [0.05, 0.1) is 0 Å². The van der Waals surface area contributed by atoms with E-state index in [0.717, 1.165) is 12.8 Å². The van der Waals surface area contributed by atoms with Gasteiger partial charge in [-0.15, -0.1) is 0 Å². The Morgan fingerprint density at radius 1 is 1.83 bits per heavy atom. The summed E-state index contributed by atoms with van der Waals surface area (Å²) in [5, 5.41) is 3.30. The van der Waals surface area contributed by atoms with E-state index >= 15 is 0 Å². The van der Waals surface area contributed by atoms with Crippen LogP contribution in [0.3, 0.4) is 0 Å². The minimum Gasteiger partial charge on any atom is -0.324 e. The molecule has 36 valence electrons. The van der Waals surface area contributed by atoms with Crippen LogP contribution in [0.4, 0.5) is 0 Å². The van der Waals surface area contributed by atoms with E-state index in [-0.39, 0.29) is 0 Å². The maximum Gasteiger partial charge on any atom is 0.0240 e. The monoisotopic (exact) mass is 86.1 g/mol. The van der Waals surface area contributed by atoms with Crippen molar-refractivity contribution >= 4 is 6.21 Å². The average molecular weight is 86.1 g/mol. The highest BCUT2D eigenvalue weighted by atomic mass is 15.1. The number of nitrogens with two attached hydrogens (primary N) is 1. The van der Waals surface area contributed by atoms with Crippen LogP contribution in [0.2, 0.25) is 0 Å². The minimum absolute atomic E-state index is 0.997. The third-order valence-corrected chi connectivity index (χ3v) is 0.523. The second-order valence-corrected chi connectivity index (χ2v) is 1.12. The lowest BCUT2D eigenvalue weighted by atomic mass is 10.4. The Morgan fingerprint density at radius 3 is 2.67 bits per heavy atom. The van der Waals surface area contributed by atoms with Crippen molar-refractivity contribution in [3.8, 4) is 0 Å². The van der Waals surface area contributed by atoms with E-state index in [0.29, 0.717) is 0 Å². The van der Waals surface area contributed by atoms with Crippen LogP contribution in [0.1, 0.15) is 19.8 Å². The molecule has 0 aromatic rings. The number of hydrogen-bond acceptors (Lipinski definition) is 2. The zero-order chi connectivity index (χ0) is 4.83. The molecule has 0 unspecified atom stereocenters. The number of nitrogens with zero attached hydrogens (tertiary/aromatic N) is 1. The number of hydrazone groups is 1. The van der Waals surface area contributed by atoms with Crippen LogP contribution in [0, 0.1) is 0 Å². The van der Waals surface area contributed by atoms with Gasteiger partial charge in [0.25, 0.3) is 0 Å². The molecule has 0 heterocycles. The quantitative estimate of drug-likeness (QED) is 0.300. The van der Waals surface area contributed by atoms with Crippen LogP contribution in [0.25, 0.3) is 0 Å². The second-order valence-electron chi connectivity index (χ2n) is 1.12. The van der Waals surface area contributed by atoms with Gasteiger partial charge in [-0.3, -0.25) is 0 Å². The molecule has 0 saturated carbocycles. The van der Waals surface area contributed by atoms with Gasteiger partial charge >= 0.3 is 0 Å². The first kappa shape index (κ1) is 5.47. The molecule has 0 rings (SSSR count). The summed E-state index contributed by atoms with van der Waals surface area (Å²) in [7, 11) is 0. The number of hydrogen-bond donors (Lipinski definition) is 1. The van der Waals surface area contributed by atoms with Gasteiger partial charge in [0.15, 0.2) is 0 Å². The molecule has 0 radical (unpaired) electrons. The van der Waals surface area contributed by atoms with Crippen LogP contribution in [-0.4, -0.2) is 6.21 Å². The van der Waals surface area contributed by atoms with E-state index < -0.39 is 0 Å². The fourth-order valence-electron chi connectivity index (χ4n) is 0.204. The van der Waals surface area contributed by atoms with Crippen molar-refractivity contribution in [2.45, 2.75) is 19.8 Å². The summed E-state index contributed by atoms with van der Waals surface area (Å²) in [5.41, 5.74) is 0. The van der Waals surface area contributed by atoms with Gasteiger partial charge in [0.2, 0.25) is 0 Å². The van der Waals surface area contributed by atoms with Crippen LogP contribution in [0.5, 0.6) is 0 Å². The van der Waals surface area contributed by atoms with Crippen LogP contribution in [-0.2, 0) is 0 Å². The molecule has 2 nitrogen and oxygen atoms in total. The lowest BCUT2D eigenvalue weighted by molar-refractivity contribution is 1.00. The maximum atomic E-state index is 4.78. The summed E-state index contributed by atoms with van der Waals surface area (Å²) in [6.07, 6.45) is 3.83. The van der Waals surface area contributed by atoms with Crippen molar-refractivity contribution in [2.24, 2.45) is 10.9 Å². The molecule has 0 aromatic carbocycles. The Hall–Kier alpha value is -0.530. The lowest BCUT2D eigenvalue weighted by Gasteiger charge is -1.75. The molecule has 0 aliphatic rings. The maximum absolute atomic E-state index is 4.78. The van der Waals surface area contributed by atoms with Crippen molar-refractivity contribution in [1.82, 2.24) is 0 Å². The van der Waals surface area contributed by atoms with Crippen LogP contribution < -0.4 is 5.84 Å². The van der Waals surface area contributed by atoms with Gasteiger partial charge in [-0.25, -0.2) is 0 Å². The molecule has 0 bridgehead atoms. The summed E-state index contributed by atoms with van der Waals surface area (Å²) in [6, 6.07) is 0. The summed E-state index contributed by atoms with van der Waals surface area (Å²) in [5.74, 6) is 4.78.